The molecule has 3 heteroatoms. The normalized spacial score (nSPS) is 11.5. The zero-order valence-corrected chi connectivity index (χ0v) is 10.9. The molecule has 0 heterocycles. The summed E-state index contributed by atoms with van der Waals surface area (Å²) >= 11 is 0. The molecule has 0 bridgehead atoms. The first-order chi connectivity index (χ1) is 7.97. The molecule has 1 N–H and O–H groups in total. The van der Waals surface area contributed by atoms with Gasteiger partial charge in [0.1, 0.15) is 5.82 Å². The van der Waals surface area contributed by atoms with E-state index in [0.29, 0.717) is 12.0 Å². The van der Waals surface area contributed by atoms with E-state index in [2.05, 4.69) is 26.1 Å². The highest BCUT2D eigenvalue weighted by Gasteiger charge is 2.08. The van der Waals surface area contributed by atoms with Gasteiger partial charge in [0.2, 0.25) is 0 Å². The van der Waals surface area contributed by atoms with Crippen molar-refractivity contribution < 1.29 is 9.13 Å². The summed E-state index contributed by atoms with van der Waals surface area (Å²) in [5.74, 6) is -0.211. The van der Waals surface area contributed by atoms with Crippen LogP contribution < -0.4 is 5.32 Å². The SMILES string of the molecule is CC(C)(C)CCOCCNc1ccc(F)cc1. The van der Waals surface area contributed by atoms with E-state index in [-0.39, 0.29) is 5.82 Å². The largest absolute Gasteiger partial charge is 0.383 e. The Balaban J connectivity index is 2.07. The molecule has 1 aromatic carbocycles. The van der Waals surface area contributed by atoms with Gasteiger partial charge < -0.3 is 10.1 Å². The Morgan fingerprint density at radius 1 is 1.12 bits per heavy atom. The molecule has 0 aliphatic carbocycles. The van der Waals surface area contributed by atoms with Crippen LogP contribution in [0.1, 0.15) is 27.2 Å². The van der Waals surface area contributed by atoms with Crippen LogP contribution in [0.25, 0.3) is 0 Å². The van der Waals surface area contributed by atoms with Gasteiger partial charge >= 0.3 is 0 Å². The Labute approximate surface area is 103 Å². The van der Waals surface area contributed by atoms with Crippen molar-refractivity contribution in [3.63, 3.8) is 0 Å². The average molecular weight is 239 g/mol. The fraction of sp³-hybridized carbons (Fsp3) is 0.571. The van der Waals surface area contributed by atoms with Gasteiger partial charge in [-0.1, -0.05) is 20.8 Å². The van der Waals surface area contributed by atoms with Crippen molar-refractivity contribution >= 4 is 5.69 Å². The fourth-order valence-corrected chi connectivity index (χ4v) is 1.32. The summed E-state index contributed by atoms with van der Waals surface area (Å²) in [5.41, 5.74) is 1.25. The molecule has 1 rings (SSSR count). The predicted molar refractivity (Wildman–Crippen MR) is 69.8 cm³/mol. The highest BCUT2D eigenvalue weighted by atomic mass is 19.1. The van der Waals surface area contributed by atoms with E-state index in [0.717, 1.165) is 25.3 Å². The summed E-state index contributed by atoms with van der Waals surface area (Å²) in [6.45, 7) is 8.81. The van der Waals surface area contributed by atoms with Crippen molar-refractivity contribution in [1.29, 1.82) is 0 Å². The molecule has 0 radical (unpaired) electrons. The molecule has 0 saturated carbocycles. The van der Waals surface area contributed by atoms with Gasteiger partial charge in [-0.25, -0.2) is 4.39 Å². The molecule has 0 aromatic heterocycles. The molecule has 0 fully saturated rings. The molecule has 0 amide bonds. The van der Waals surface area contributed by atoms with Gasteiger partial charge in [-0.05, 0) is 36.1 Å². The van der Waals surface area contributed by atoms with Gasteiger partial charge in [-0.2, -0.15) is 0 Å². The fourth-order valence-electron chi connectivity index (χ4n) is 1.32. The van der Waals surface area contributed by atoms with Crippen molar-refractivity contribution in [2.75, 3.05) is 25.1 Å². The minimum Gasteiger partial charge on any atom is -0.383 e. The van der Waals surface area contributed by atoms with Crippen molar-refractivity contribution in [2.45, 2.75) is 27.2 Å². The van der Waals surface area contributed by atoms with E-state index in [1.807, 2.05) is 0 Å². The van der Waals surface area contributed by atoms with Gasteiger partial charge in [-0.3, -0.25) is 0 Å². The molecular formula is C14H22FNO. The van der Waals surface area contributed by atoms with Crippen LogP contribution in [0.15, 0.2) is 24.3 Å². The van der Waals surface area contributed by atoms with E-state index in [1.165, 1.54) is 12.1 Å². The molecule has 2 nitrogen and oxygen atoms in total. The number of benzene rings is 1. The zero-order chi connectivity index (χ0) is 12.7. The summed E-state index contributed by atoms with van der Waals surface area (Å²) in [5, 5.41) is 3.18. The van der Waals surface area contributed by atoms with Gasteiger partial charge in [-0.15, -0.1) is 0 Å². The minimum absolute atomic E-state index is 0.211. The molecule has 0 aliphatic heterocycles. The van der Waals surface area contributed by atoms with Gasteiger partial charge in [0, 0.05) is 18.8 Å². The lowest BCUT2D eigenvalue weighted by atomic mass is 9.93. The highest BCUT2D eigenvalue weighted by Crippen LogP contribution is 2.17. The molecule has 0 unspecified atom stereocenters. The third-order valence-electron chi connectivity index (χ3n) is 2.42. The topological polar surface area (TPSA) is 21.3 Å². The smallest absolute Gasteiger partial charge is 0.123 e. The van der Waals surface area contributed by atoms with Crippen LogP contribution in [0.3, 0.4) is 0 Å². The summed E-state index contributed by atoms with van der Waals surface area (Å²) in [6, 6.07) is 6.35. The third kappa shape index (κ3) is 6.95. The lowest BCUT2D eigenvalue weighted by Gasteiger charge is -2.17. The Morgan fingerprint density at radius 2 is 1.76 bits per heavy atom. The molecule has 0 aliphatic rings. The van der Waals surface area contributed by atoms with Crippen LogP contribution in [0, 0.1) is 11.2 Å². The van der Waals surface area contributed by atoms with Crippen molar-refractivity contribution in [1.82, 2.24) is 0 Å². The third-order valence-corrected chi connectivity index (χ3v) is 2.42. The molecule has 17 heavy (non-hydrogen) atoms. The Hall–Kier alpha value is -1.09. The van der Waals surface area contributed by atoms with E-state index in [9.17, 15) is 4.39 Å². The number of anilines is 1. The summed E-state index contributed by atoms with van der Waals surface area (Å²) < 4.78 is 18.2. The molecule has 96 valence electrons. The second kappa shape index (κ2) is 6.60. The van der Waals surface area contributed by atoms with E-state index < -0.39 is 0 Å². The zero-order valence-electron chi connectivity index (χ0n) is 10.9. The van der Waals surface area contributed by atoms with E-state index >= 15 is 0 Å². The monoisotopic (exact) mass is 239 g/mol. The van der Waals surface area contributed by atoms with Gasteiger partial charge in [0.15, 0.2) is 0 Å². The Bertz CT molecular complexity index is 316. The van der Waals surface area contributed by atoms with Crippen LogP contribution in [0.5, 0.6) is 0 Å². The van der Waals surface area contributed by atoms with Crippen LogP contribution in [0.4, 0.5) is 10.1 Å². The Kier molecular flexibility index (Phi) is 5.42. The molecule has 1 aromatic rings. The van der Waals surface area contributed by atoms with Crippen molar-refractivity contribution in [3.8, 4) is 0 Å². The van der Waals surface area contributed by atoms with Crippen molar-refractivity contribution in [2.24, 2.45) is 5.41 Å². The van der Waals surface area contributed by atoms with Crippen LogP contribution >= 0.6 is 0 Å². The number of halogens is 1. The van der Waals surface area contributed by atoms with E-state index in [1.54, 1.807) is 12.1 Å². The number of hydrogen-bond acceptors (Lipinski definition) is 2. The lowest BCUT2D eigenvalue weighted by Crippen LogP contribution is -2.14. The van der Waals surface area contributed by atoms with Gasteiger partial charge in [0.05, 0.1) is 6.61 Å². The maximum absolute atomic E-state index is 12.6. The Morgan fingerprint density at radius 3 is 2.35 bits per heavy atom. The number of rotatable bonds is 6. The first kappa shape index (κ1) is 14.0. The number of ether oxygens (including phenoxy) is 1. The van der Waals surface area contributed by atoms with Crippen LogP contribution in [-0.4, -0.2) is 19.8 Å². The summed E-state index contributed by atoms with van der Waals surface area (Å²) in [7, 11) is 0. The quantitative estimate of drug-likeness (QED) is 0.764. The molecule has 0 saturated heterocycles. The minimum atomic E-state index is -0.211. The van der Waals surface area contributed by atoms with E-state index in [4.69, 9.17) is 4.74 Å². The lowest BCUT2D eigenvalue weighted by molar-refractivity contribution is 0.116. The second-order valence-corrected chi connectivity index (χ2v) is 5.36. The first-order valence-electron chi connectivity index (χ1n) is 6.04. The van der Waals surface area contributed by atoms with Crippen molar-refractivity contribution in [3.05, 3.63) is 30.1 Å². The maximum Gasteiger partial charge on any atom is 0.123 e. The van der Waals surface area contributed by atoms with Gasteiger partial charge in [0.25, 0.3) is 0 Å². The highest BCUT2D eigenvalue weighted by molar-refractivity contribution is 5.42. The molecule has 0 spiro atoms. The first-order valence-corrected chi connectivity index (χ1v) is 6.04. The number of hydrogen-bond donors (Lipinski definition) is 1. The summed E-state index contributed by atoms with van der Waals surface area (Å²) in [4.78, 5) is 0. The predicted octanol–water partition coefficient (Wildman–Crippen LogP) is 3.69. The average Bonchev–Trinajstić information content (AvgIpc) is 2.24. The standard InChI is InChI=1S/C14H22FNO/c1-14(2,3)8-10-17-11-9-16-13-6-4-12(15)5-7-13/h4-7,16H,8-11H2,1-3H3. The summed E-state index contributed by atoms with van der Waals surface area (Å²) in [6.07, 6.45) is 1.06. The van der Waals surface area contributed by atoms with Crippen LogP contribution in [0.2, 0.25) is 0 Å². The second-order valence-electron chi connectivity index (χ2n) is 5.36. The molecule has 0 atom stereocenters. The molecular weight excluding hydrogens is 217 g/mol. The maximum atomic E-state index is 12.6. The number of nitrogens with one attached hydrogen (secondary N) is 1. The van der Waals surface area contributed by atoms with Crippen LogP contribution in [-0.2, 0) is 4.74 Å².